The zero-order valence-electron chi connectivity index (χ0n) is 81.1. The number of nitrogens with zero attached hydrogens (tertiary/aromatic N) is 2. The first-order chi connectivity index (χ1) is 66.9. The van der Waals surface area contributed by atoms with E-state index in [2.05, 4.69) is 79.4 Å². The molecule has 40 nitrogen and oxygen atoms in total. The predicted octanol–water partition coefficient (Wildman–Crippen LogP) is 1.03. The van der Waals surface area contributed by atoms with E-state index in [0.29, 0.717) is 50.5 Å². The molecule has 0 aliphatic carbocycles. The number of thioether (sulfide) groups is 1. The van der Waals surface area contributed by atoms with E-state index in [4.69, 9.17) is 16.9 Å². The van der Waals surface area contributed by atoms with Gasteiger partial charge in [-0.05, 0) is 114 Å². The number of phenols is 1. The van der Waals surface area contributed by atoms with Crippen molar-refractivity contribution in [2.24, 2.45) is 35.1 Å². The number of benzene rings is 6. The summed E-state index contributed by atoms with van der Waals surface area (Å²) in [6.07, 6.45) is -1.25. The molecule has 141 heavy (non-hydrogen) atoms. The Kier molecular flexibility index (Phi) is 42.7. The molecule has 0 radical (unpaired) electrons. The molecule has 15 atom stereocenters. The molecule has 758 valence electrons. The summed E-state index contributed by atoms with van der Waals surface area (Å²) in [4.78, 5) is 256. The molecular formula is C100H132N20O20S. The molecule has 0 saturated carbocycles. The number of nitrogens with one attached hydrogen (secondary N) is 16. The summed E-state index contributed by atoms with van der Waals surface area (Å²) in [7, 11) is 2.64. The first-order valence-electron chi connectivity index (χ1n) is 46.7. The number of phenolic OH excluding ortho intramolecular Hbond substituents is 1. The number of aliphatic hydroxyl groups excluding tert-OH is 1. The summed E-state index contributed by atoms with van der Waals surface area (Å²) < 4.78 is 0. The Morgan fingerprint density at radius 2 is 0.887 bits per heavy atom. The summed E-state index contributed by atoms with van der Waals surface area (Å²) in [5.74, 6) is -21.9. The van der Waals surface area contributed by atoms with Gasteiger partial charge in [0.2, 0.25) is 94.5 Å². The molecule has 8 rings (SSSR count). The highest BCUT2D eigenvalue weighted by molar-refractivity contribution is 8.00. The number of aromatic amines is 1. The SMILES string of the molecule is CC(C)C[C@@H]1NC(=O)[C@H](CCCNC(=N)N)NC(=O)[C@H](Cc2ccccc2)N(C)C(=O)[C@H](C)N(C)C(=O)[C@H](C(C)C)NC(=O)[C@H](Cc2ccc(-c3ccccc3)cc2)NC(=O)[C@H](C(C)C)NC(=O)[C@H](Cc2c[nH]c3ccccc23)NC(=O)[C@H](CC(=O)O)NC(=O)[C@H](Cc2ccc(O)cc2)NC(=O)[C@H](Cc2ccccc2)NC(=O)CSC[C@@H](C(=O)N[C@@H](C)C(N)=O)NC(=O)[C@H](CO)NC(=O)[C@H](C(C)C)NC1=O. The first-order valence-corrected chi connectivity index (χ1v) is 47.9. The van der Waals surface area contributed by atoms with Crippen LogP contribution in [0.25, 0.3) is 22.0 Å². The zero-order chi connectivity index (χ0) is 104. The van der Waals surface area contributed by atoms with E-state index < -0.39 is 246 Å². The van der Waals surface area contributed by atoms with Crippen LogP contribution in [0.15, 0.2) is 170 Å². The molecule has 1 aliphatic rings. The average Bonchev–Trinajstić information content (AvgIpc) is 1.74. The first kappa shape index (κ1) is 112. The number of carbonyl (C=O) groups excluding carboxylic acids is 16. The number of fused-ring (bicyclic) bond motifs is 1. The zero-order valence-corrected chi connectivity index (χ0v) is 81.9. The Morgan fingerprint density at radius 3 is 1.41 bits per heavy atom. The minimum atomic E-state index is -2.07. The van der Waals surface area contributed by atoms with Gasteiger partial charge in [0.15, 0.2) is 5.96 Å². The smallest absolute Gasteiger partial charge is 0.305 e. The van der Waals surface area contributed by atoms with Crippen molar-refractivity contribution < 1.29 is 96.8 Å². The molecular weight excluding hydrogens is 1830 g/mol. The van der Waals surface area contributed by atoms with Gasteiger partial charge in [0, 0.05) is 75.6 Å². The van der Waals surface area contributed by atoms with Gasteiger partial charge in [0.1, 0.15) is 96.4 Å². The van der Waals surface area contributed by atoms with Crippen LogP contribution in [0.4, 0.5) is 0 Å². The number of nitrogens with two attached hydrogens (primary N) is 2. The molecule has 1 aromatic heterocycles. The molecule has 41 heteroatoms. The lowest BCUT2D eigenvalue weighted by atomic mass is 9.97. The predicted molar refractivity (Wildman–Crippen MR) is 528 cm³/mol. The lowest BCUT2D eigenvalue weighted by molar-refractivity contribution is -0.149. The number of aliphatic hydroxyl groups is 1. The molecule has 1 aliphatic heterocycles. The number of aliphatic carboxylic acids is 1. The number of carboxylic acid groups (broad SMARTS) is 1. The monoisotopic (exact) mass is 1960 g/mol. The van der Waals surface area contributed by atoms with E-state index in [-0.39, 0.29) is 63.2 Å². The second-order valence-corrected chi connectivity index (χ2v) is 37.5. The summed E-state index contributed by atoms with van der Waals surface area (Å²) in [5.41, 5.74) is 15.7. The Bertz CT molecular complexity index is 5520. The maximum Gasteiger partial charge on any atom is 0.305 e. The number of rotatable bonds is 26. The van der Waals surface area contributed by atoms with E-state index in [1.54, 1.807) is 145 Å². The third-order valence-electron chi connectivity index (χ3n) is 23.9. The Labute approximate surface area is 822 Å². The summed E-state index contributed by atoms with van der Waals surface area (Å²) in [6.45, 7) is 14.5. The fourth-order valence-electron chi connectivity index (χ4n) is 15.7. The van der Waals surface area contributed by atoms with Crippen LogP contribution < -0.4 is 85.9 Å². The minimum Gasteiger partial charge on any atom is -0.508 e. The third kappa shape index (κ3) is 34.1. The number of aromatic nitrogens is 1. The minimum absolute atomic E-state index is 0.00940. The van der Waals surface area contributed by atoms with E-state index in [1.807, 2.05) is 42.5 Å². The summed E-state index contributed by atoms with van der Waals surface area (Å²) in [6, 6.07) is 21.5. The van der Waals surface area contributed by atoms with Crippen molar-refractivity contribution in [1.82, 2.24) is 89.2 Å². The van der Waals surface area contributed by atoms with Crippen LogP contribution in [0.1, 0.15) is 123 Å². The molecule has 1 saturated heterocycles. The quantitative estimate of drug-likeness (QED) is 0.0204. The van der Waals surface area contributed by atoms with Gasteiger partial charge in [-0.3, -0.25) is 86.9 Å². The molecule has 6 aromatic carbocycles. The van der Waals surface area contributed by atoms with Gasteiger partial charge in [-0.25, -0.2) is 0 Å². The number of guanidine groups is 1. The Hall–Kier alpha value is -14.8. The van der Waals surface area contributed by atoms with E-state index in [0.717, 1.165) is 20.9 Å². The standard InChI is InChI=1S/C100H132N20O20S/c1-54(2)43-71-90(131)116-83(56(5)6)97(138)114-77(51-121)93(134)115-78(94(135)106-58(9)85(101)126)52-141-53-80(123)107-72(44-60-25-16-13-17-26-60)87(128)110-73(46-63-36-40-67(122)41-37-63)88(129)112-76(49-81(124)125)89(130)111-75(48-66-50-105-69-32-23-22-31-68(66)69)92(133)117-82(55(3)4)96(137)113-74(45-62-34-38-65(39-35-62)64-29-20-15-21-30-64)91(132)118-84(57(7)8)99(140)119(11)59(10)98(139)120(12)79(47-61-27-18-14-19-28-61)95(136)108-70(86(127)109-71)33-24-42-104-100(102)103/h13-23,25-32,34-41,50,54-59,70-79,82-84,105,121-122H,24,33,42-49,51-53H2,1-12H3,(H2,101,126)(H,106,135)(H,107,123)(H,108,136)(H,109,127)(H,110,128)(H,111,130)(H,112,129)(H,113,137)(H,114,138)(H,115,134)(H,116,131)(H,117,133)(H,118,132)(H,124,125)(H4,102,103,104)/t58-,59-,70-,71-,72-,73-,74-,75-,76-,77-,78-,79-,82-,83-,84-/m0/s1. The number of hydrogen-bond acceptors (Lipinski definition) is 21. The topological polar surface area (TPSA) is 617 Å². The highest BCUT2D eigenvalue weighted by Crippen LogP contribution is 2.25. The number of hydrogen-bond donors (Lipinski definition) is 21. The Balaban J connectivity index is 1.22. The molecule has 1 fully saturated rings. The number of primary amides is 1. The second-order valence-electron chi connectivity index (χ2n) is 36.5. The highest BCUT2D eigenvalue weighted by Gasteiger charge is 2.43. The van der Waals surface area contributed by atoms with Crippen LogP contribution >= 0.6 is 11.8 Å². The van der Waals surface area contributed by atoms with Crippen LogP contribution in [0.5, 0.6) is 5.75 Å². The van der Waals surface area contributed by atoms with Crippen molar-refractivity contribution in [2.75, 3.05) is 38.8 Å². The lowest BCUT2D eigenvalue weighted by Crippen LogP contribution is -2.62. The lowest BCUT2D eigenvalue weighted by Gasteiger charge is -2.36. The van der Waals surface area contributed by atoms with Crippen LogP contribution in [-0.2, 0) is 114 Å². The molecule has 0 unspecified atom stereocenters. The van der Waals surface area contributed by atoms with Gasteiger partial charge in [0.05, 0.1) is 18.8 Å². The van der Waals surface area contributed by atoms with Gasteiger partial charge in [-0.1, -0.05) is 201 Å². The van der Waals surface area contributed by atoms with Crippen molar-refractivity contribution in [3.63, 3.8) is 0 Å². The number of para-hydroxylation sites is 1. The largest absolute Gasteiger partial charge is 0.508 e. The highest BCUT2D eigenvalue weighted by atomic mass is 32.2. The molecule has 0 spiro atoms. The number of aromatic hydroxyl groups is 1. The third-order valence-corrected chi connectivity index (χ3v) is 25.0. The van der Waals surface area contributed by atoms with Crippen molar-refractivity contribution in [1.29, 1.82) is 5.41 Å². The van der Waals surface area contributed by atoms with Gasteiger partial charge in [-0.15, -0.1) is 11.8 Å². The van der Waals surface area contributed by atoms with Crippen LogP contribution in [0, 0.1) is 29.1 Å². The molecule has 0 bridgehead atoms. The van der Waals surface area contributed by atoms with Crippen molar-refractivity contribution >= 4 is 129 Å². The van der Waals surface area contributed by atoms with Crippen molar-refractivity contribution in [2.45, 2.75) is 218 Å². The number of likely N-dealkylation sites (N-methyl/N-ethyl adjacent to an activating group) is 2. The maximum atomic E-state index is 15.5. The molecule has 23 N–H and O–H groups in total. The number of amides is 16. The van der Waals surface area contributed by atoms with Gasteiger partial charge >= 0.3 is 5.97 Å². The van der Waals surface area contributed by atoms with Crippen LogP contribution in [0.2, 0.25) is 0 Å². The van der Waals surface area contributed by atoms with Gasteiger partial charge < -0.3 is 116 Å². The van der Waals surface area contributed by atoms with E-state index >= 15 is 47.9 Å². The van der Waals surface area contributed by atoms with E-state index in [1.165, 1.54) is 66.1 Å². The fourth-order valence-corrected chi connectivity index (χ4v) is 16.5. The van der Waals surface area contributed by atoms with Gasteiger partial charge in [-0.2, -0.15) is 0 Å². The molecule has 7 aromatic rings. The average molecular weight is 1970 g/mol. The van der Waals surface area contributed by atoms with Crippen molar-refractivity contribution in [3.8, 4) is 16.9 Å². The normalized spacial score (nSPS) is 22.9. The number of carboxylic acids is 1. The molecule has 16 amide bonds. The number of H-pyrrole nitrogens is 1. The summed E-state index contributed by atoms with van der Waals surface area (Å²) >= 11 is 0.712. The second kappa shape index (κ2) is 54.0. The van der Waals surface area contributed by atoms with Crippen LogP contribution in [-0.4, -0.2) is 266 Å². The molecule has 2 heterocycles. The Morgan fingerprint density at radius 1 is 0.461 bits per heavy atom. The van der Waals surface area contributed by atoms with Crippen LogP contribution in [0.3, 0.4) is 0 Å². The summed E-state index contributed by atoms with van der Waals surface area (Å²) in [5, 5.41) is 77.0. The number of carbonyl (C=O) groups is 17. The maximum absolute atomic E-state index is 15.5. The van der Waals surface area contributed by atoms with E-state index in [9.17, 15) is 48.9 Å². The fraction of sp³-hybridized carbons (Fsp3) is 0.440. The van der Waals surface area contributed by atoms with Crippen molar-refractivity contribution in [3.05, 3.63) is 198 Å². The van der Waals surface area contributed by atoms with Gasteiger partial charge in [0.25, 0.3) is 0 Å².